The van der Waals surface area contributed by atoms with Crippen molar-refractivity contribution >= 4 is 40.1 Å². The number of halogens is 1. The number of H-pyrrole nitrogens is 1. The van der Waals surface area contributed by atoms with Crippen molar-refractivity contribution < 1.29 is 14.7 Å². The predicted octanol–water partition coefficient (Wildman–Crippen LogP) is 2.61. The van der Waals surface area contributed by atoms with Gasteiger partial charge in [-0.3, -0.25) is 9.59 Å². The second-order valence-corrected chi connectivity index (χ2v) is 6.19. The highest BCUT2D eigenvalue weighted by Crippen LogP contribution is 2.23. The van der Waals surface area contributed by atoms with Crippen molar-refractivity contribution in [2.24, 2.45) is 0 Å². The van der Waals surface area contributed by atoms with Crippen LogP contribution in [0.1, 0.15) is 12.5 Å². The molecule has 0 aliphatic carbocycles. The monoisotopic (exact) mass is 372 g/mol. The highest BCUT2D eigenvalue weighted by molar-refractivity contribution is 6.29. The number of aromatic amines is 1. The fraction of sp³-hybridized carbons (Fsp3) is 0.167. The van der Waals surface area contributed by atoms with Crippen LogP contribution in [0.3, 0.4) is 0 Å². The Bertz CT molecular complexity index is 970. The summed E-state index contributed by atoms with van der Waals surface area (Å²) in [6.45, 7) is 1.34. The number of amides is 2. The minimum atomic E-state index is -0.841. The number of aromatic nitrogens is 2. The quantitative estimate of drug-likeness (QED) is 0.516. The van der Waals surface area contributed by atoms with Crippen LogP contribution in [0.5, 0.6) is 5.75 Å². The van der Waals surface area contributed by atoms with Crippen LogP contribution < -0.4 is 10.6 Å². The molecule has 1 aromatic carbocycles. The van der Waals surface area contributed by atoms with Crippen LogP contribution in [0.15, 0.2) is 42.6 Å². The number of pyridine rings is 1. The summed E-state index contributed by atoms with van der Waals surface area (Å²) in [5.74, 6) is -1.11. The molecule has 7 nitrogen and oxygen atoms in total. The van der Waals surface area contributed by atoms with Gasteiger partial charge >= 0.3 is 0 Å². The van der Waals surface area contributed by atoms with Crippen molar-refractivity contribution in [3.8, 4) is 5.75 Å². The van der Waals surface area contributed by atoms with Gasteiger partial charge in [-0.05, 0) is 23.8 Å². The molecule has 0 radical (unpaired) electrons. The van der Waals surface area contributed by atoms with Crippen LogP contribution in [0.4, 0.5) is 5.82 Å². The topological polar surface area (TPSA) is 107 Å². The van der Waals surface area contributed by atoms with Gasteiger partial charge in [-0.1, -0.05) is 29.8 Å². The maximum Gasteiger partial charge on any atom is 0.248 e. The Hall–Kier alpha value is -3.06. The third-order valence-corrected chi connectivity index (χ3v) is 4.09. The molecule has 3 rings (SSSR count). The Balaban J connectivity index is 1.84. The molecule has 1 atom stereocenters. The van der Waals surface area contributed by atoms with E-state index in [2.05, 4.69) is 20.6 Å². The predicted molar refractivity (Wildman–Crippen MR) is 99.1 cm³/mol. The lowest BCUT2D eigenvalue weighted by molar-refractivity contribution is -0.125. The Morgan fingerprint density at radius 2 is 2.04 bits per heavy atom. The van der Waals surface area contributed by atoms with E-state index in [4.69, 9.17) is 11.6 Å². The standard InChI is InChI=1S/C18H17ClN4O3/c1-10(24)21-14(8-11-9-20-13-5-3-2-4-12(11)13)18(26)23-17-15(25)6-7-16(19)22-17/h2-7,9,14,20,25H,8H2,1H3,(H,21,24)(H,22,23,26)/t14-/m0/s1. The number of carbonyl (C=O) groups is 2. The molecule has 0 bridgehead atoms. The number of anilines is 1. The van der Waals surface area contributed by atoms with E-state index < -0.39 is 11.9 Å². The molecule has 0 aliphatic heterocycles. The second kappa shape index (κ2) is 7.45. The van der Waals surface area contributed by atoms with Crippen molar-refractivity contribution in [2.45, 2.75) is 19.4 Å². The number of benzene rings is 1. The third kappa shape index (κ3) is 3.94. The summed E-state index contributed by atoms with van der Waals surface area (Å²) in [5, 5.41) is 16.1. The molecule has 0 unspecified atom stereocenters. The van der Waals surface area contributed by atoms with E-state index in [9.17, 15) is 14.7 Å². The number of nitrogens with zero attached hydrogens (tertiary/aromatic N) is 1. The molecule has 0 spiro atoms. The van der Waals surface area contributed by atoms with Gasteiger partial charge in [0.1, 0.15) is 11.2 Å². The van der Waals surface area contributed by atoms with Gasteiger partial charge in [0, 0.05) is 30.4 Å². The number of para-hydroxylation sites is 1. The highest BCUT2D eigenvalue weighted by Gasteiger charge is 2.23. The van der Waals surface area contributed by atoms with Gasteiger partial charge in [0.2, 0.25) is 11.8 Å². The van der Waals surface area contributed by atoms with Crippen LogP contribution in [-0.4, -0.2) is 32.9 Å². The number of hydrogen-bond donors (Lipinski definition) is 4. The molecule has 134 valence electrons. The van der Waals surface area contributed by atoms with Crippen molar-refractivity contribution in [3.63, 3.8) is 0 Å². The van der Waals surface area contributed by atoms with Gasteiger partial charge < -0.3 is 20.7 Å². The summed E-state index contributed by atoms with van der Waals surface area (Å²) >= 11 is 5.80. The largest absolute Gasteiger partial charge is 0.504 e. The number of nitrogens with one attached hydrogen (secondary N) is 3. The number of aromatic hydroxyl groups is 1. The van der Waals surface area contributed by atoms with Gasteiger partial charge in [-0.15, -0.1) is 0 Å². The first-order valence-corrected chi connectivity index (χ1v) is 8.30. The van der Waals surface area contributed by atoms with Crippen LogP contribution in [0.25, 0.3) is 10.9 Å². The lowest BCUT2D eigenvalue weighted by Crippen LogP contribution is -2.44. The molecule has 0 fully saturated rings. The summed E-state index contributed by atoms with van der Waals surface area (Å²) in [6, 6.07) is 9.58. The smallest absolute Gasteiger partial charge is 0.248 e. The molecule has 4 N–H and O–H groups in total. The maximum atomic E-state index is 12.6. The van der Waals surface area contributed by atoms with Crippen molar-refractivity contribution in [1.82, 2.24) is 15.3 Å². The number of rotatable bonds is 5. The van der Waals surface area contributed by atoms with E-state index in [0.29, 0.717) is 0 Å². The number of fused-ring (bicyclic) bond motifs is 1. The lowest BCUT2D eigenvalue weighted by atomic mass is 10.0. The van der Waals surface area contributed by atoms with E-state index in [1.165, 1.54) is 19.1 Å². The summed E-state index contributed by atoms with van der Waals surface area (Å²) in [5.41, 5.74) is 1.83. The molecule has 0 aliphatic rings. The number of hydrogen-bond acceptors (Lipinski definition) is 4. The van der Waals surface area contributed by atoms with Gasteiger partial charge in [-0.25, -0.2) is 4.98 Å². The minimum Gasteiger partial charge on any atom is -0.504 e. The molecule has 2 aromatic heterocycles. The lowest BCUT2D eigenvalue weighted by Gasteiger charge is -2.17. The van der Waals surface area contributed by atoms with Crippen molar-refractivity contribution in [1.29, 1.82) is 0 Å². The molecule has 0 saturated heterocycles. The molecule has 8 heteroatoms. The van der Waals surface area contributed by atoms with E-state index in [-0.39, 0.29) is 29.0 Å². The van der Waals surface area contributed by atoms with Crippen molar-refractivity contribution in [3.05, 3.63) is 53.3 Å². The Morgan fingerprint density at radius 3 is 2.81 bits per heavy atom. The normalized spacial score (nSPS) is 11.9. The molecule has 0 saturated carbocycles. The van der Waals surface area contributed by atoms with Crippen LogP contribution in [0.2, 0.25) is 5.15 Å². The zero-order valence-electron chi connectivity index (χ0n) is 13.9. The average molecular weight is 373 g/mol. The van der Waals surface area contributed by atoms with Crippen LogP contribution >= 0.6 is 11.6 Å². The van der Waals surface area contributed by atoms with Gasteiger partial charge in [0.05, 0.1) is 0 Å². The molecular formula is C18H17ClN4O3. The van der Waals surface area contributed by atoms with Crippen molar-refractivity contribution in [2.75, 3.05) is 5.32 Å². The van der Waals surface area contributed by atoms with Crippen LogP contribution in [-0.2, 0) is 16.0 Å². The minimum absolute atomic E-state index is 0.0585. The zero-order valence-corrected chi connectivity index (χ0v) is 14.7. The summed E-state index contributed by atoms with van der Waals surface area (Å²) in [4.78, 5) is 31.2. The third-order valence-electron chi connectivity index (χ3n) is 3.87. The van der Waals surface area contributed by atoms with Gasteiger partial charge in [0.15, 0.2) is 11.6 Å². The fourth-order valence-corrected chi connectivity index (χ4v) is 2.85. The van der Waals surface area contributed by atoms with Gasteiger partial charge in [0.25, 0.3) is 0 Å². The zero-order chi connectivity index (χ0) is 18.7. The fourth-order valence-electron chi connectivity index (χ4n) is 2.70. The number of carbonyl (C=O) groups excluding carboxylic acids is 2. The maximum absolute atomic E-state index is 12.6. The molecular weight excluding hydrogens is 356 g/mol. The Labute approximate surface area is 154 Å². The van der Waals surface area contributed by atoms with E-state index >= 15 is 0 Å². The van der Waals surface area contributed by atoms with Crippen LogP contribution in [0, 0.1) is 0 Å². The molecule has 3 aromatic rings. The molecule has 2 amide bonds. The second-order valence-electron chi connectivity index (χ2n) is 5.81. The first-order chi connectivity index (χ1) is 12.4. The SMILES string of the molecule is CC(=O)N[C@@H](Cc1c[nH]c2ccccc12)C(=O)Nc1nc(Cl)ccc1O. The van der Waals surface area contributed by atoms with E-state index in [0.717, 1.165) is 16.5 Å². The Kier molecular flexibility index (Phi) is 5.09. The first-order valence-electron chi connectivity index (χ1n) is 7.92. The van der Waals surface area contributed by atoms with E-state index in [1.54, 1.807) is 0 Å². The Morgan fingerprint density at radius 1 is 1.27 bits per heavy atom. The first kappa shape index (κ1) is 17.8. The average Bonchev–Trinajstić information content (AvgIpc) is 3.00. The molecule has 26 heavy (non-hydrogen) atoms. The summed E-state index contributed by atoms with van der Waals surface area (Å²) < 4.78 is 0. The molecule has 2 heterocycles. The van der Waals surface area contributed by atoms with Gasteiger partial charge in [-0.2, -0.15) is 0 Å². The summed E-state index contributed by atoms with van der Waals surface area (Å²) in [6.07, 6.45) is 2.08. The highest BCUT2D eigenvalue weighted by atomic mass is 35.5. The van der Waals surface area contributed by atoms with E-state index in [1.807, 2.05) is 30.5 Å². The summed E-state index contributed by atoms with van der Waals surface area (Å²) in [7, 11) is 0.